The zero-order chi connectivity index (χ0) is 12.5. The molecule has 1 aromatic carbocycles. The molecule has 0 unspecified atom stereocenters. The Bertz CT molecular complexity index is 399. The van der Waals surface area contributed by atoms with Gasteiger partial charge in [0, 0.05) is 17.1 Å². The molecule has 0 spiro atoms. The summed E-state index contributed by atoms with van der Waals surface area (Å²) in [4.78, 5) is 0. The van der Waals surface area contributed by atoms with Gasteiger partial charge >= 0.3 is 0 Å². The Morgan fingerprint density at radius 1 is 1.41 bits per heavy atom. The Morgan fingerprint density at radius 2 is 2.12 bits per heavy atom. The Morgan fingerprint density at radius 3 is 2.76 bits per heavy atom. The second-order valence-corrected chi connectivity index (χ2v) is 6.59. The third kappa shape index (κ3) is 4.07. The molecule has 1 N–H and O–H groups in total. The minimum absolute atomic E-state index is 0.152. The first-order valence-corrected chi connectivity index (χ1v) is 6.93. The summed E-state index contributed by atoms with van der Waals surface area (Å²) < 4.78 is 14.2. The molecule has 0 heterocycles. The maximum atomic E-state index is 13.2. The minimum Gasteiger partial charge on any atom is -0.313 e. The topological polar surface area (TPSA) is 12.0 Å². The number of hydrogen-bond donors (Lipinski definition) is 1. The third-order valence-corrected chi connectivity index (χ3v) is 3.90. The van der Waals surface area contributed by atoms with Crippen molar-refractivity contribution in [3.05, 3.63) is 34.1 Å². The van der Waals surface area contributed by atoms with Crippen LogP contribution in [0.25, 0.3) is 0 Å². The molecule has 0 saturated heterocycles. The van der Waals surface area contributed by atoms with Crippen molar-refractivity contribution in [2.75, 3.05) is 6.54 Å². The fourth-order valence-corrected chi connectivity index (χ4v) is 2.35. The lowest BCUT2D eigenvalue weighted by Crippen LogP contribution is -2.32. The average molecular weight is 300 g/mol. The summed E-state index contributed by atoms with van der Waals surface area (Å²) in [6.45, 7) is 5.43. The van der Waals surface area contributed by atoms with E-state index in [9.17, 15) is 4.39 Å². The molecule has 1 aliphatic rings. The molecule has 1 aliphatic carbocycles. The summed E-state index contributed by atoms with van der Waals surface area (Å²) in [6.07, 6.45) is 3.49. The van der Waals surface area contributed by atoms with Crippen molar-refractivity contribution in [2.45, 2.75) is 39.2 Å². The van der Waals surface area contributed by atoms with Crippen LogP contribution >= 0.6 is 15.9 Å². The van der Waals surface area contributed by atoms with Crippen LogP contribution < -0.4 is 5.32 Å². The molecule has 0 radical (unpaired) electrons. The van der Waals surface area contributed by atoms with E-state index in [0.29, 0.717) is 0 Å². The second-order valence-electron chi connectivity index (χ2n) is 5.73. The predicted octanol–water partition coefficient (Wildman–Crippen LogP) is 3.91. The molecule has 17 heavy (non-hydrogen) atoms. The lowest BCUT2D eigenvalue weighted by Gasteiger charge is -2.26. The van der Waals surface area contributed by atoms with Crippen molar-refractivity contribution >= 4 is 15.9 Å². The van der Waals surface area contributed by atoms with E-state index in [1.165, 1.54) is 18.9 Å². The Labute approximate surface area is 111 Å². The van der Waals surface area contributed by atoms with E-state index in [0.717, 1.165) is 29.0 Å². The SMILES string of the molecule is CC(C)(CNC1CC1)Cc1cc(F)ccc1Br. The third-order valence-electron chi connectivity index (χ3n) is 3.12. The fourth-order valence-electron chi connectivity index (χ4n) is 1.96. The van der Waals surface area contributed by atoms with E-state index in [1.54, 1.807) is 12.1 Å². The van der Waals surface area contributed by atoms with Gasteiger partial charge in [-0.05, 0) is 48.4 Å². The highest BCUT2D eigenvalue weighted by Gasteiger charge is 2.25. The van der Waals surface area contributed by atoms with Gasteiger partial charge in [-0.3, -0.25) is 0 Å². The number of hydrogen-bond acceptors (Lipinski definition) is 1. The van der Waals surface area contributed by atoms with Crippen LogP contribution in [0.1, 0.15) is 32.3 Å². The lowest BCUT2D eigenvalue weighted by atomic mass is 9.85. The average Bonchev–Trinajstić information content (AvgIpc) is 3.04. The van der Waals surface area contributed by atoms with Gasteiger partial charge < -0.3 is 5.32 Å². The molecule has 3 heteroatoms. The van der Waals surface area contributed by atoms with E-state index in [4.69, 9.17) is 0 Å². The first-order valence-electron chi connectivity index (χ1n) is 6.14. The summed E-state index contributed by atoms with van der Waals surface area (Å²) in [6, 6.07) is 5.63. The molecule has 94 valence electrons. The summed E-state index contributed by atoms with van der Waals surface area (Å²) >= 11 is 3.49. The van der Waals surface area contributed by atoms with Crippen LogP contribution in [0, 0.1) is 11.2 Å². The fraction of sp³-hybridized carbons (Fsp3) is 0.571. The number of nitrogens with one attached hydrogen (secondary N) is 1. The van der Waals surface area contributed by atoms with Crippen LogP contribution in [0.5, 0.6) is 0 Å². The zero-order valence-electron chi connectivity index (χ0n) is 10.4. The molecular formula is C14H19BrFN. The van der Waals surface area contributed by atoms with Gasteiger partial charge in [-0.15, -0.1) is 0 Å². The second kappa shape index (κ2) is 5.07. The van der Waals surface area contributed by atoms with E-state index < -0.39 is 0 Å². The molecule has 0 atom stereocenters. The van der Waals surface area contributed by atoms with Crippen LogP contribution in [0.15, 0.2) is 22.7 Å². The Hall–Kier alpha value is -0.410. The highest BCUT2D eigenvalue weighted by molar-refractivity contribution is 9.10. The molecule has 1 saturated carbocycles. The first kappa shape index (κ1) is 13.0. The number of benzene rings is 1. The summed E-state index contributed by atoms with van der Waals surface area (Å²) in [7, 11) is 0. The normalized spacial score (nSPS) is 16.2. The summed E-state index contributed by atoms with van der Waals surface area (Å²) in [5.41, 5.74) is 1.20. The van der Waals surface area contributed by atoms with Crippen molar-refractivity contribution < 1.29 is 4.39 Å². The first-order chi connectivity index (χ1) is 7.96. The lowest BCUT2D eigenvalue weighted by molar-refractivity contribution is 0.336. The van der Waals surface area contributed by atoms with E-state index in [2.05, 4.69) is 35.1 Å². The number of rotatable bonds is 5. The van der Waals surface area contributed by atoms with Gasteiger partial charge in [0.1, 0.15) is 5.82 Å². The van der Waals surface area contributed by atoms with E-state index in [1.807, 2.05) is 0 Å². The van der Waals surface area contributed by atoms with Crippen LogP contribution in [-0.4, -0.2) is 12.6 Å². The summed E-state index contributed by atoms with van der Waals surface area (Å²) in [5.74, 6) is -0.158. The molecule has 1 aromatic rings. The maximum Gasteiger partial charge on any atom is 0.123 e. The molecule has 2 rings (SSSR count). The van der Waals surface area contributed by atoms with Gasteiger partial charge in [0.25, 0.3) is 0 Å². The van der Waals surface area contributed by atoms with Crippen LogP contribution in [0.4, 0.5) is 4.39 Å². The van der Waals surface area contributed by atoms with Gasteiger partial charge in [-0.1, -0.05) is 29.8 Å². The van der Waals surface area contributed by atoms with Crippen molar-refractivity contribution in [1.29, 1.82) is 0 Å². The van der Waals surface area contributed by atoms with Gasteiger partial charge in [0.2, 0.25) is 0 Å². The molecule has 0 bridgehead atoms. The van der Waals surface area contributed by atoms with Gasteiger partial charge in [-0.25, -0.2) is 4.39 Å². The zero-order valence-corrected chi connectivity index (χ0v) is 12.0. The molecule has 1 fully saturated rings. The highest BCUT2D eigenvalue weighted by atomic mass is 79.9. The predicted molar refractivity (Wildman–Crippen MR) is 72.6 cm³/mol. The molecular weight excluding hydrogens is 281 g/mol. The largest absolute Gasteiger partial charge is 0.313 e. The molecule has 0 aromatic heterocycles. The standard InChI is InChI=1S/C14H19BrFN/c1-14(2,9-17-12-4-5-12)8-10-7-11(16)3-6-13(10)15/h3,6-7,12,17H,4-5,8-9H2,1-2H3. The molecule has 0 aliphatic heterocycles. The minimum atomic E-state index is -0.158. The summed E-state index contributed by atoms with van der Waals surface area (Å²) in [5, 5.41) is 3.54. The van der Waals surface area contributed by atoms with E-state index >= 15 is 0 Å². The van der Waals surface area contributed by atoms with Crippen molar-refractivity contribution in [1.82, 2.24) is 5.32 Å². The Balaban J connectivity index is 1.99. The van der Waals surface area contributed by atoms with Gasteiger partial charge in [0.15, 0.2) is 0 Å². The van der Waals surface area contributed by atoms with Crippen molar-refractivity contribution in [2.24, 2.45) is 5.41 Å². The van der Waals surface area contributed by atoms with Crippen molar-refractivity contribution in [3.63, 3.8) is 0 Å². The van der Waals surface area contributed by atoms with Gasteiger partial charge in [0.05, 0.1) is 0 Å². The van der Waals surface area contributed by atoms with Crippen LogP contribution in [0.3, 0.4) is 0 Å². The molecule has 0 amide bonds. The van der Waals surface area contributed by atoms with Crippen LogP contribution in [-0.2, 0) is 6.42 Å². The quantitative estimate of drug-likeness (QED) is 0.869. The smallest absolute Gasteiger partial charge is 0.123 e. The van der Waals surface area contributed by atoms with Gasteiger partial charge in [-0.2, -0.15) is 0 Å². The maximum absolute atomic E-state index is 13.2. The number of halogens is 2. The van der Waals surface area contributed by atoms with Crippen LogP contribution in [0.2, 0.25) is 0 Å². The van der Waals surface area contributed by atoms with Crippen molar-refractivity contribution in [3.8, 4) is 0 Å². The van der Waals surface area contributed by atoms with E-state index in [-0.39, 0.29) is 11.2 Å². The highest BCUT2D eigenvalue weighted by Crippen LogP contribution is 2.28. The molecule has 1 nitrogen and oxygen atoms in total. The monoisotopic (exact) mass is 299 g/mol. The Kier molecular flexibility index (Phi) is 3.88.